The normalized spacial score (nSPS) is 10.4. The number of nitrogens with two attached hydrogens (primary N) is 1. The molecule has 0 unspecified atom stereocenters. The van der Waals surface area contributed by atoms with Crippen molar-refractivity contribution in [3.63, 3.8) is 0 Å². The van der Waals surface area contributed by atoms with Gasteiger partial charge in [-0.3, -0.25) is 0 Å². The van der Waals surface area contributed by atoms with Crippen LogP contribution < -0.4 is 10.5 Å². The molecule has 0 saturated carbocycles. The number of imidazole rings is 1. The topological polar surface area (TPSA) is 53.1 Å². The van der Waals surface area contributed by atoms with Gasteiger partial charge in [-0.25, -0.2) is 9.37 Å². The first-order valence-electron chi connectivity index (χ1n) is 4.76. The lowest BCUT2D eigenvalue weighted by Crippen LogP contribution is -2.01. The van der Waals surface area contributed by atoms with E-state index in [9.17, 15) is 4.39 Å². The van der Waals surface area contributed by atoms with Crippen LogP contribution in [0.4, 0.5) is 10.1 Å². The maximum Gasteiger partial charge on any atom is 0.153 e. The van der Waals surface area contributed by atoms with Crippen molar-refractivity contribution < 1.29 is 9.13 Å². The van der Waals surface area contributed by atoms with Crippen LogP contribution in [-0.2, 0) is 0 Å². The number of halogens is 1. The average Bonchev–Trinajstić information content (AvgIpc) is 2.63. The summed E-state index contributed by atoms with van der Waals surface area (Å²) in [6, 6.07) is 2.83. The summed E-state index contributed by atoms with van der Waals surface area (Å²) in [5, 5.41) is 0. The van der Waals surface area contributed by atoms with E-state index in [-0.39, 0.29) is 0 Å². The number of hydrogen-bond acceptors (Lipinski definition) is 3. The van der Waals surface area contributed by atoms with E-state index in [4.69, 9.17) is 10.5 Å². The fraction of sp³-hybridized carbons (Fsp3) is 0.182. The van der Waals surface area contributed by atoms with Crippen LogP contribution in [0.25, 0.3) is 5.69 Å². The molecule has 0 aliphatic carbocycles. The van der Waals surface area contributed by atoms with Gasteiger partial charge in [0.1, 0.15) is 11.4 Å². The molecule has 84 valence electrons. The largest absolute Gasteiger partial charge is 0.494 e. The van der Waals surface area contributed by atoms with Gasteiger partial charge in [0.2, 0.25) is 0 Å². The van der Waals surface area contributed by atoms with Gasteiger partial charge in [0, 0.05) is 18.0 Å². The lowest BCUT2D eigenvalue weighted by Gasteiger charge is -2.10. The zero-order valence-electron chi connectivity index (χ0n) is 9.07. The highest BCUT2D eigenvalue weighted by atomic mass is 19.1. The Morgan fingerprint density at radius 2 is 2.19 bits per heavy atom. The smallest absolute Gasteiger partial charge is 0.153 e. The molecule has 1 heterocycles. The van der Waals surface area contributed by atoms with Crippen LogP contribution in [0.15, 0.2) is 24.7 Å². The third kappa shape index (κ3) is 1.71. The van der Waals surface area contributed by atoms with Gasteiger partial charge >= 0.3 is 0 Å². The Morgan fingerprint density at radius 1 is 1.44 bits per heavy atom. The molecule has 2 rings (SSSR count). The summed E-state index contributed by atoms with van der Waals surface area (Å²) in [6.45, 7) is 1.83. The Kier molecular flexibility index (Phi) is 2.52. The van der Waals surface area contributed by atoms with Crippen molar-refractivity contribution in [3.8, 4) is 11.4 Å². The van der Waals surface area contributed by atoms with Gasteiger partial charge in [-0.15, -0.1) is 0 Å². The van der Waals surface area contributed by atoms with Crippen LogP contribution in [0, 0.1) is 12.7 Å². The zero-order chi connectivity index (χ0) is 11.7. The maximum absolute atomic E-state index is 13.8. The van der Waals surface area contributed by atoms with Crippen molar-refractivity contribution in [3.05, 3.63) is 36.2 Å². The Hall–Kier alpha value is -2.04. The maximum atomic E-state index is 13.8. The molecule has 4 nitrogen and oxygen atoms in total. The fourth-order valence-corrected chi connectivity index (χ4v) is 1.54. The number of nitrogen functional groups attached to an aromatic ring is 1. The third-order valence-corrected chi connectivity index (χ3v) is 2.24. The van der Waals surface area contributed by atoms with Crippen LogP contribution in [0.3, 0.4) is 0 Å². The van der Waals surface area contributed by atoms with E-state index < -0.39 is 5.82 Å². The Morgan fingerprint density at radius 3 is 2.75 bits per heavy atom. The number of aryl methyl sites for hydroxylation is 1. The SMILES string of the molecule is COc1cc(N)cc(F)c1-n1cnc(C)c1. The van der Waals surface area contributed by atoms with Crippen molar-refractivity contribution in [2.45, 2.75) is 6.92 Å². The molecule has 0 bridgehead atoms. The Bertz CT molecular complexity index is 522. The molecule has 16 heavy (non-hydrogen) atoms. The number of benzene rings is 1. The van der Waals surface area contributed by atoms with Crippen LogP contribution >= 0.6 is 0 Å². The molecule has 0 amide bonds. The highest BCUT2D eigenvalue weighted by Gasteiger charge is 2.13. The number of anilines is 1. The number of nitrogens with zero attached hydrogens (tertiary/aromatic N) is 2. The molecule has 0 spiro atoms. The molecule has 0 aliphatic heterocycles. The minimum Gasteiger partial charge on any atom is -0.494 e. The van der Waals surface area contributed by atoms with Crippen LogP contribution in [-0.4, -0.2) is 16.7 Å². The monoisotopic (exact) mass is 221 g/mol. The molecule has 1 aromatic carbocycles. The van der Waals surface area contributed by atoms with Gasteiger partial charge in [0.25, 0.3) is 0 Å². The standard InChI is InChI=1S/C11H12FN3O/c1-7-5-15(6-14-7)11-9(12)3-8(13)4-10(11)16-2/h3-6H,13H2,1-2H3. The first-order valence-corrected chi connectivity index (χ1v) is 4.76. The quantitative estimate of drug-likeness (QED) is 0.788. The van der Waals surface area contributed by atoms with Gasteiger partial charge in [-0.1, -0.05) is 0 Å². The number of rotatable bonds is 2. The van der Waals surface area contributed by atoms with Crippen molar-refractivity contribution in [1.82, 2.24) is 9.55 Å². The molecule has 0 fully saturated rings. The lowest BCUT2D eigenvalue weighted by molar-refractivity contribution is 0.409. The Labute approximate surface area is 92.5 Å². The number of hydrogen-bond donors (Lipinski definition) is 1. The van der Waals surface area contributed by atoms with E-state index in [1.54, 1.807) is 16.8 Å². The molecule has 1 aromatic heterocycles. The van der Waals surface area contributed by atoms with Gasteiger partial charge < -0.3 is 15.0 Å². The minimum atomic E-state index is -0.436. The molecular weight excluding hydrogens is 209 g/mol. The zero-order valence-corrected chi connectivity index (χ0v) is 9.07. The van der Waals surface area contributed by atoms with E-state index >= 15 is 0 Å². The fourth-order valence-electron chi connectivity index (χ4n) is 1.54. The summed E-state index contributed by atoms with van der Waals surface area (Å²) in [7, 11) is 1.47. The predicted octanol–water partition coefficient (Wildman–Crippen LogP) is 1.91. The second kappa shape index (κ2) is 3.84. The van der Waals surface area contributed by atoms with Crippen molar-refractivity contribution in [2.24, 2.45) is 0 Å². The average molecular weight is 221 g/mol. The molecule has 0 radical (unpaired) electrons. The second-order valence-electron chi connectivity index (χ2n) is 3.48. The molecule has 0 atom stereocenters. The highest BCUT2D eigenvalue weighted by Crippen LogP contribution is 2.28. The summed E-state index contributed by atoms with van der Waals surface area (Å²) in [6.07, 6.45) is 3.25. The molecule has 5 heteroatoms. The number of ether oxygens (including phenoxy) is 1. The molecule has 0 saturated heterocycles. The van der Waals surface area contributed by atoms with Crippen molar-refractivity contribution in [2.75, 3.05) is 12.8 Å². The molecule has 2 aromatic rings. The van der Waals surface area contributed by atoms with Gasteiger partial charge in [-0.05, 0) is 13.0 Å². The van der Waals surface area contributed by atoms with E-state index in [0.29, 0.717) is 17.1 Å². The predicted molar refractivity (Wildman–Crippen MR) is 59.2 cm³/mol. The summed E-state index contributed by atoms with van der Waals surface area (Å²) in [4.78, 5) is 4.04. The summed E-state index contributed by atoms with van der Waals surface area (Å²) >= 11 is 0. The first kappa shape index (κ1) is 10.5. The number of aromatic nitrogens is 2. The van der Waals surface area contributed by atoms with E-state index in [1.807, 2.05) is 6.92 Å². The summed E-state index contributed by atoms with van der Waals surface area (Å²) in [5.41, 5.74) is 6.99. The van der Waals surface area contributed by atoms with E-state index in [0.717, 1.165) is 5.69 Å². The first-order chi connectivity index (χ1) is 7.61. The summed E-state index contributed by atoms with van der Waals surface area (Å²) in [5.74, 6) is -0.0517. The van der Waals surface area contributed by atoms with Crippen molar-refractivity contribution >= 4 is 5.69 Å². The second-order valence-corrected chi connectivity index (χ2v) is 3.48. The third-order valence-electron chi connectivity index (χ3n) is 2.24. The lowest BCUT2D eigenvalue weighted by atomic mass is 10.2. The van der Waals surface area contributed by atoms with Crippen molar-refractivity contribution in [1.29, 1.82) is 0 Å². The van der Waals surface area contributed by atoms with Crippen LogP contribution in [0.5, 0.6) is 5.75 Å². The van der Waals surface area contributed by atoms with Gasteiger partial charge in [0.05, 0.1) is 19.1 Å². The van der Waals surface area contributed by atoms with E-state index in [2.05, 4.69) is 4.98 Å². The van der Waals surface area contributed by atoms with E-state index in [1.165, 1.54) is 19.5 Å². The van der Waals surface area contributed by atoms with Crippen LogP contribution in [0.2, 0.25) is 0 Å². The summed E-state index contributed by atoms with van der Waals surface area (Å²) < 4.78 is 20.5. The number of methoxy groups -OCH3 is 1. The van der Waals surface area contributed by atoms with Crippen LogP contribution in [0.1, 0.15) is 5.69 Å². The Balaban J connectivity index is 2.63. The highest BCUT2D eigenvalue weighted by molar-refractivity contribution is 5.56. The van der Waals surface area contributed by atoms with Gasteiger partial charge in [-0.2, -0.15) is 0 Å². The molecule has 0 aliphatic rings. The molecule has 2 N–H and O–H groups in total. The minimum absolute atomic E-state index is 0.317. The molecular formula is C11H12FN3O. The van der Waals surface area contributed by atoms with Gasteiger partial charge in [0.15, 0.2) is 5.82 Å².